The van der Waals surface area contributed by atoms with Gasteiger partial charge < -0.3 is 15.6 Å². The van der Waals surface area contributed by atoms with E-state index in [0.717, 1.165) is 37.6 Å². The van der Waals surface area contributed by atoms with Gasteiger partial charge in [0.2, 0.25) is 0 Å². The van der Waals surface area contributed by atoms with Gasteiger partial charge >= 0.3 is 0 Å². The minimum Gasteiger partial charge on any atom is -0.370 e. The van der Waals surface area contributed by atoms with Crippen LogP contribution in [0.5, 0.6) is 0 Å². The summed E-state index contributed by atoms with van der Waals surface area (Å²) in [4.78, 5) is 4.38. The second-order valence-electron chi connectivity index (χ2n) is 5.68. The van der Waals surface area contributed by atoms with E-state index in [-0.39, 0.29) is 0 Å². The maximum Gasteiger partial charge on any atom is 0.189 e. The highest BCUT2D eigenvalue weighted by molar-refractivity contribution is 5.77. The number of nitrogens with two attached hydrogens (primary N) is 1. The molecule has 0 saturated carbocycles. The SMILES string of the molecule is CCCCCCNC(N)=NCc1nnc2n1CCCCC2. The molecular weight excluding hydrogens is 264 g/mol. The predicted octanol–water partition coefficient (Wildman–Crippen LogP) is 1.99. The van der Waals surface area contributed by atoms with Crippen LogP contribution >= 0.6 is 0 Å². The highest BCUT2D eigenvalue weighted by atomic mass is 15.3. The van der Waals surface area contributed by atoms with Gasteiger partial charge in [-0.2, -0.15) is 0 Å². The highest BCUT2D eigenvalue weighted by Crippen LogP contribution is 2.14. The molecule has 0 radical (unpaired) electrons. The third-order valence-electron chi connectivity index (χ3n) is 3.91. The molecule has 0 aromatic carbocycles. The Hall–Kier alpha value is -1.59. The second kappa shape index (κ2) is 8.64. The van der Waals surface area contributed by atoms with Gasteiger partial charge in [-0.3, -0.25) is 0 Å². The monoisotopic (exact) mass is 292 g/mol. The van der Waals surface area contributed by atoms with Gasteiger partial charge in [0.1, 0.15) is 12.4 Å². The van der Waals surface area contributed by atoms with Crippen LogP contribution in [0.1, 0.15) is 63.5 Å². The number of unbranched alkanes of at least 4 members (excludes halogenated alkanes) is 3. The standard InChI is InChI=1S/C15H28N6/c1-2-3-4-7-10-17-15(16)18-12-14-20-19-13-9-6-5-8-11-21(13)14/h2-12H2,1H3,(H3,16,17,18). The lowest BCUT2D eigenvalue weighted by Crippen LogP contribution is -2.32. The summed E-state index contributed by atoms with van der Waals surface area (Å²) >= 11 is 0. The Kier molecular flexibility index (Phi) is 6.50. The average Bonchev–Trinajstić information content (AvgIpc) is 2.72. The van der Waals surface area contributed by atoms with Crippen LogP contribution < -0.4 is 11.1 Å². The average molecular weight is 292 g/mol. The van der Waals surface area contributed by atoms with Crippen molar-refractivity contribution in [2.45, 2.75) is 71.4 Å². The van der Waals surface area contributed by atoms with Crippen molar-refractivity contribution in [1.29, 1.82) is 0 Å². The van der Waals surface area contributed by atoms with Gasteiger partial charge in [0.15, 0.2) is 11.8 Å². The summed E-state index contributed by atoms with van der Waals surface area (Å²) in [6.45, 7) is 4.64. The number of guanidine groups is 1. The van der Waals surface area contributed by atoms with Crippen LogP contribution in [0.4, 0.5) is 0 Å². The van der Waals surface area contributed by atoms with Crippen LogP contribution in [0.25, 0.3) is 0 Å². The minimum atomic E-state index is 0.512. The Balaban J connectivity index is 1.79. The molecule has 0 amide bonds. The summed E-state index contributed by atoms with van der Waals surface area (Å²) < 4.78 is 2.21. The smallest absolute Gasteiger partial charge is 0.189 e. The van der Waals surface area contributed by atoms with Crippen LogP contribution in [0.3, 0.4) is 0 Å². The number of hydrogen-bond acceptors (Lipinski definition) is 3. The summed E-state index contributed by atoms with van der Waals surface area (Å²) in [5.74, 6) is 2.55. The molecule has 3 N–H and O–H groups in total. The van der Waals surface area contributed by atoms with Gasteiger partial charge in [-0.05, 0) is 19.3 Å². The van der Waals surface area contributed by atoms with Gasteiger partial charge in [0.25, 0.3) is 0 Å². The third-order valence-corrected chi connectivity index (χ3v) is 3.91. The van der Waals surface area contributed by atoms with Crippen LogP contribution in [0.2, 0.25) is 0 Å². The summed E-state index contributed by atoms with van der Waals surface area (Å²) in [5, 5.41) is 11.7. The first-order valence-corrected chi connectivity index (χ1v) is 8.26. The van der Waals surface area contributed by atoms with Crippen LogP contribution in [-0.2, 0) is 19.5 Å². The third kappa shape index (κ3) is 5.02. The first kappa shape index (κ1) is 15.8. The number of nitrogens with zero attached hydrogens (tertiary/aromatic N) is 4. The first-order valence-electron chi connectivity index (χ1n) is 8.26. The van der Waals surface area contributed by atoms with Crippen LogP contribution in [0, 0.1) is 0 Å². The normalized spacial score (nSPS) is 15.6. The zero-order chi connectivity index (χ0) is 14.9. The molecule has 0 bridgehead atoms. The van der Waals surface area contributed by atoms with Crippen molar-refractivity contribution >= 4 is 5.96 Å². The molecule has 0 aliphatic carbocycles. The lowest BCUT2D eigenvalue weighted by Gasteiger charge is -2.07. The van der Waals surface area contributed by atoms with E-state index in [4.69, 9.17) is 5.73 Å². The Morgan fingerprint density at radius 2 is 2.14 bits per heavy atom. The fourth-order valence-electron chi connectivity index (χ4n) is 2.64. The van der Waals surface area contributed by atoms with E-state index in [0.29, 0.717) is 12.5 Å². The van der Waals surface area contributed by atoms with E-state index in [2.05, 4.69) is 32.0 Å². The van der Waals surface area contributed by atoms with Crippen molar-refractivity contribution in [2.24, 2.45) is 10.7 Å². The molecule has 0 fully saturated rings. The number of hydrogen-bond donors (Lipinski definition) is 2. The molecule has 118 valence electrons. The molecule has 1 aliphatic heterocycles. The van der Waals surface area contributed by atoms with Crippen molar-refractivity contribution in [3.05, 3.63) is 11.6 Å². The van der Waals surface area contributed by atoms with Gasteiger partial charge in [0.05, 0.1) is 0 Å². The Labute approximate surface area is 127 Å². The van der Waals surface area contributed by atoms with Crippen molar-refractivity contribution < 1.29 is 0 Å². The fourth-order valence-corrected chi connectivity index (χ4v) is 2.64. The van der Waals surface area contributed by atoms with E-state index in [1.807, 2.05) is 0 Å². The minimum absolute atomic E-state index is 0.512. The summed E-state index contributed by atoms with van der Waals surface area (Å²) in [7, 11) is 0. The maximum atomic E-state index is 5.89. The van der Waals surface area contributed by atoms with E-state index < -0.39 is 0 Å². The number of nitrogens with one attached hydrogen (secondary N) is 1. The molecule has 0 saturated heterocycles. The molecule has 1 aromatic heterocycles. The summed E-state index contributed by atoms with van der Waals surface area (Å²) in [6, 6.07) is 0. The van der Waals surface area contributed by atoms with Crippen molar-refractivity contribution in [2.75, 3.05) is 6.54 Å². The quantitative estimate of drug-likeness (QED) is 0.457. The van der Waals surface area contributed by atoms with E-state index >= 15 is 0 Å². The van der Waals surface area contributed by atoms with Crippen molar-refractivity contribution in [3.8, 4) is 0 Å². The summed E-state index contributed by atoms with van der Waals surface area (Å²) in [6.07, 6.45) is 9.64. The van der Waals surface area contributed by atoms with Gasteiger partial charge in [-0.25, -0.2) is 4.99 Å². The molecule has 6 nitrogen and oxygen atoms in total. The van der Waals surface area contributed by atoms with E-state index in [1.165, 1.54) is 38.5 Å². The molecule has 2 rings (SSSR count). The van der Waals surface area contributed by atoms with Crippen LogP contribution in [0.15, 0.2) is 4.99 Å². The lowest BCUT2D eigenvalue weighted by atomic mass is 10.2. The number of fused-ring (bicyclic) bond motifs is 1. The Bertz CT molecular complexity index is 451. The fraction of sp³-hybridized carbons (Fsp3) is 0.800. The zero-order valence-electron chi connectivity index (χ0n) is 13.1. The summed E-state index contributed by atoms with van der Waals surface area (Å²) in [5.41, 5.74) is 5.89. The molecule has 1 aliphatic rings. The van der Waals surface area contributed by atoms with Gasteiger partial charge in [-0.1, -0.05) is 32.6 Å². The van der Waals surface area contributed by atoms with Crippen molar-refractivity contribution in [3.63, 3.8) is 0 Å². The molecule has 21 heavy (non-hydrogen) atoms. The topological polar surface area (TPSA) is 81.1 Å². The lowest BCUT2D eigenvalue weighted by molar-refractivity contribution is 0.605. The van der Waals surface area contributed by atoms with Gasteiger partial charge in [-0.15, -0.1) is 10.2 Å². The Morgan fingerprint density at radius 3 is 3.00 bits per heavy atom. The number of aliphatic imine (C=N–C) groups is 1. The maximum absolute atomic E-state index is 5.89. The molecular formula is C15H28N6. The predicted molar refractivity (Wildman–Crippen MR) is 85.0 cm³/mol. The molecule has 6 heteroatoms. The second-order valence-corrected chi connectivity index (χ2v) is 5.68. The van der Waals surface area contributed by atoms with E-state index in [1.54, 1.807) is 0 Å². The molecule has 0 spiro atoms. The number of rotatable bonds is 7. The van der Waals surface area contributed by atoms with Crippen LogP contribution in [-0.4, -0.2) is 27.3 Å². The number of aryl methyl sites for hydroxylation is 1. The Morgan fingerprint density at radius 1 is 1.24 bits per heavy atom. The largest absolute Gasteiger partial charge is 0.370 e. The zero-order valence-corrected chi connectivity index (χ0v) is 13.1. The van der Waals surface area contributed by atoms with Gasteiger partial charge in [0, 0.05) is 19.5 Å². The molecule has 2 heterocycles. The van der Waals surface area contributed by atoms with E-state index in [9.17, 15) is 0 Å². The highest BCUT2D eigenvalue weighted by Gasteiger charge is 2.13. The molecule has 1 aromatic rings. The first-order chi connectivity index (χ1) is 10.3. The van der Waals surface area contributed by atoms with Crippen molar-refractivity contribution in [1.82, 2.24) is 20.1 Å². The number of aromatic nitrogens is 3. The molecule has 0 unspecified atom stereocenters. The molecule has 0 atom stereocenters.